The number of benzene rings is 8. The Morgan fingerprint density at radius 2 is 0.810 bits per heavy atom. The normalized spacial score (nSPS) is 11.4. The van der Waals surface area contributed by atoms with E-state index in [1.54, 1.807) is 0 Å². The molecule has 0 atom stereocenters. The fourth-order valence-electron chi connectivity index (χ4n) is 8.68. The molecule has 8 aromatic carbocycles. The zero-order valence-electron chi connectivity index (χ0n) is 31.4. The molecule has 4 nitrogen and oxygen atoms in total. The summed E-state index contributed by atoms with van der Waals surface area (Å²) in [7, 11) is 0. The number of fused-ring (bicyclic) bond motifs is 6. The first-order valence-corrected chi connectivity index (χ1v) is 19.5. The molecule has 0 unspecified atom stereocenters. The van der Waals surface area contributed by atoms with Crippen LogP contribution in [0.25, 0.3) is 99.8 Å². The lowest BCUT2D eigenvalue weighted by Gasteiger charge is -2.19. The smallest absolute Gasteiger partial charge is 0.101 e. The summed E-state index contributed by atoms with van der Waals surface area (Å²) >= 11 is 0. The first kappa shape index (κ1) is 33.3. The van der Waals surface area contributed by atoms with Crippen LogP contribution in [0.4, 0.5) is 0 Å². The Balaban J connectivity index is 1.21. The maximum absolute atomic E-state index is 11.1. The van der Waals surface area contributed by atoms with Gasteiger partial charge in [-0.3, -0.25) is 0 Å². The molecule has 0 amide bonds. The Kier molecular flexibility index (Phi) is 7.84. The molecule has 0 radical (unpaired) electrons. The minimum absolute atomic E-state index is 0.569. The van der Waals surface area contributed by atoms with Crippen molar-refractivity contribution in [3.8, 4) is 62.2 Å². The molecule has 58 heavy (non-hydrogen) atoms. The number of aromatic nitrogens is 3. The fraction of sp³-hybridized carbons (Fsp3) is 0. The minimum Gasteiger partial charge on any atom is -0.309 e. The lowest BCUT2D eigenvalue weighted by atomic mass is 10.0. The van der Waals surface area contributed by atoms with Gasteiger partial charge in [0, 0.05) is 32.7 Å². The largest absolute Gasteiger partial charge is 0.309 e. The van der Waals surface area contributed by atoms with Crippen LogP contribution in [0.1, 0.15) is 5.56 Å². The van der Waals surface area contributed by atoms with Crippen molar-refractivity contribution in [2.45, 2.75) is 0 Å². The molecular weight excluding hydrogens is 705 g/mol. The molecule has 11 aromatic rings. The number of hydrogen-bond donors (Lipinski definition) is 0. The summed E-state index contributed by atoms with van der Waals surface area (Å²) in [5.74, 6) is 0. The van der Waals surface area contributed by atoms with Gasteiger partial charge in [-0.2, -0.15) is 5.26 Å². The van der Waals surface area contributed by atoms with Crippen LogP contribution in [0.2, 0.25) is 0 Å². The zero-order chi connectivity index (χ0) is 38.6. The standard InChI is InChI=1S/C54H34N4/c55-35-41-33-54(58-50-26-13-11-22-43(50)45-32-40(28-30-52(45)58)37-17-6-2-7-18-37)46(48-24-14-23-47(56-48)38-19-8-3-9-20-38)34-53(41)57-49-25-12-10-21-42(49)44-31-39(27-29-51(44)57)36-15-4-1-5-16-36/h1-34H. The lowest BCUT2D eigenvalue weighted by Crippen LogP contribution is -2.04. The van der Waals surface area contributed by atoms with Crippen LogP contribution in [-0.4, -0.2) is 14.1 Å². The van der Waals surface area contributed by atoms with Crippen LogP contribution >= 0.6 is 0 Å². The predicted molar refractivity (Wildman–Crippen MR) is 239 cm³/mol. The molecule has 0 N–H and O–H groups in total. The van der Waals surface area contributed by atoms with E-state index in [4.69, 9.17) is 4.98 Å². The van der Waals surface area contributed by atoms with Crippen LogP contribution in [-0.2, 0) is 0 Å². The van der Waals surface area contributed by atoms with E-state index >= 15 is 0 Å². The number of rotatable bonds is 6. The Morgan fingerprint density at radius 3 is 1.36 bits per heavy atom. The van der Waals surface area contributed by atoms with Crippen LogP contribution in [0.15, 0.2) is 206 Å². The van der Waals surface area contributed by atoms with Crippen molar-refractivity contribution in [2.24, 2.45) is 0 Å². The van der Waals surface area contributed by atoms with Crippen LogP contribution in [0.3, 0.4) is 0 Å². The quantitative estimate of drug-likeness (QED) is 0.170. The van der Waals surface area contributed by atoms with Gasteiger partial charge in [0.15, 0.2) is 0 Å². The van der Waals surface area contributed by atoms with Crippen molar-refractivity contribution in [1.82, 2.24) is 14.1 Å². The second-order valence-electron chi connectivity index (χ2n) is 14.7. The molecule has 270 valence electrons. The fourth-order valence-corrected chi connectivity index (χ4v) is 8.68. The van der Waals surface area contributed by atoms with Gasteiger partial charge in [0.1, 0.15) is 6.07 Å². The van der Waals surface area contributed by atoms with Crippen molar-refractivity contribution >= 4 is 43.6 Å². The third-order valence-corrected chi connectivity index (χ3v) is 11.4. The molecular formula is C54H34N4. The molecule has 0 bridgehead atoms. The summed E-state index contributed by atoms with van der Waals surface area (Å²) < 4.78 is 4.57. The van der Waals surface area contributed by atoms with Crippen LogP contribution < -0.4 is 0 Å². The zero-order valence-corrected chi connectivity index (χ0v) is 31.4. The first-order valence-electron chi connectivity index (χ1n) is 19.5. The van der Waals surface area contributed by atoms with Gasteiger partial charge in [0.2, 0.25) is 0 Å². The van der Waals surface area contributed by atoms with Gasteiger partial charge in [-0.05, 0) is 82.9 Å². The summed E-state index contributed by atoms with van der Waals surface area (Å²) in [5, 5.41) is 15.7. The minimum atomic E-state index is 0.569. The van der Waals surface area contributed by atoms with Crippen LogP contribution in [0, 0.1) is 11.3 Å². The highest BCUT2D eigenvalue weighted by molar-refractivity contribution is 6.12. The molecule has 11 rings (SSSR count). The number of nitrogens with zero attached hydrogens (tertiary/aromatic N) is 4. The highest BCUT2D eigenvalue weighted by Crippen LogP contribution is 2.42. The summed E-state index contributed by atoms with van der Waals surface area (Å²) in [6.45, 7) is 0. The molecule has 0 aliphatic carbocycles. The maximum atomic E-state index is 11.1. The van der Waals surface area contributed by atoms with Crippen molar-refractivity contribution < 1.29 is 0 Å². The number of hydrogen-bond acceptors (Lipinski definition) is 2. The highest BCUT2D eigenvalue weighted by atomic mass is 15.0. The van der Waals surface area contributed by atoms with Crippen LogP contribution in [0.5, 0.6) is 0 Å². The Labute approximate surface area is 335 Å². The Morgan fingerprint density at radius 1 is 0.345 bits per heavy atom. The van der Waals surface area contributed by atoms with Gasteiger partial charge in [0.25, 0.3) is 0 Å². The summed E-state index contributed by atoms with van der Waals surface area (Å²) in [6, 6.07) is 74.8. The molecule has 3 heterocycles. The maximum Gasteiger partial charge on any atom is 0.101 e. The molecule has 0 spiro atoms. The molecule has 0 saturated heterocycles. The lowest BCUT2D eigenvalue weighted by molar-refractivity contribution is 1.13. The molecule has 0 fully saturated rings. The number of para-hydroxylation sites is 2. The molecule has 0 aliphatic heterocycles. The van der Waals surface area contributed by atoms with Gasteiger partial charge in [0.05, 0.1) is 50.4 Å². The van der Waals surface area contributed by atoms with E-state index in [1.165, 1.54) is 5.56 Å². The second-order valence-corrected chi connectivity index (χ2v) is 14.7. The van der Waals surface area contributed by atoms with E-state index in [1.807, 2.05) is 30.3 Å². The van der Waals surface area contributed by atoms with Crippen molar-refractivity contribution in [2.75, 3.05) is 0 Å². The van der Waals surface area contributed by atoms with Gasteiger partial charge >= 0.3 is 0 Å². The van der Waals surface area contributed by atoms with E-state index in [-0.39, 0.29) is 0 Å². The number of pyridine rings is 1. The van der Waals surface area contributed by atoms with Gasteiger partial charge in [-0.25, -0.2) is 4.98 Å². The monoisotopic (exact) mass is 738 g/mol. The molecule has 3 aromatic heterocycles. The summed E-state index contributed by atoms with van der Waals surface area (Å²) in [6.07, 6.45) is 0. The van der Waals surface area contributed by atoms with Gasteiger partial charge < -0.3 is 9.13 Å². The topological polar surface area (TPSA) is 46.5 Å². The first-order chi connectivity index (χ1) is 28.7. The Bertz CT molecular complexity index is 3390. The van der Waals surface area contributed by atoms with Crippen molar-refractivity contribution in [3.63, 3.8) is 0 Å². The highest BCUT2D eigenvalue weighted by Gasteiger charge is 2.23. The molecule has 0 aliphatic rings. The SMILES string of the molecule is N#Cc1cc(-n2c3ccccc3c3cc(-c4ccccc4)ccc32)c(-c2cccc(-c3ccccc3)n2)cc1-n1c2ccccc2c2cc(-c3ccccc3)ccc21. The molecule has 0 saturated carbocycles. The van der Waals surface area contributed by atoms with Gasteiger partial charge in [-0.15, -0.1) is 0 Å². The number of nitriles is 1. The summed E-state index contributed by atoms with van der Waals surface area (Å²) in [5.41, 5.74) is 14.8. The van der Waals surface area contributed by atoms with E-state index < -0.39 is 0 Å². The van der Waals surface area contributed by atoms with E-state index in [0.717, 1.165) is 94.2 Å². The third kappa shape index (κ3) is 5.41. The molecule has 4 heteroatoms. The third-order valence-electron chi connectivity index (χ3n) is 11.4. The van der Waals surface area contributed by atoms with Gasteiger partial charge in [-0.1, -0.05) is 146 Å². The van der Waals surface area contributed by atoms with E-state index in [0.29, 0.717) is 5.56 Å². The average Bonchev–Trinajstić information content (AvgIpc) is 3.81. The van der Waals surface area contributed by atoms with Crippen molar-refractivity contribution in [3.05, 3.63) is 212 Å². The van der Waals surface area contributed by atoms with Crippen molar-refractivity contribution in [1.29, 1.82) is 5.26 Å². The second kappa shape index (κ2) is 13.6. The Hall–Kier alpha value is -8.00. The van der Waals surface area contributed by atoms with E-state index in [2.05, 4.69) is 191 Å². The van der Waals surface area contributed by atoms with E-state index in [9.17, 15) is 5.26 Å². The predicted octanol–water partition coefficient (Wildman–Crippen LogP) is 13.8. The average molecular weight is 739 g/mol. The summed E-state index contributed by atoms with van der Waals surface area (Å²) in [4.78, 5) is 5.34.